The zero-order valence-electron chi connectivity index (χ0n) is 8.93. The van der Waals surface area contributed by atoms with Crippen LogP contribution in [0.3, 0.4) is 0 Å². The van der Waals surface area contributed by atoms with Crippen molar-refractivity contribution in [1.82, 2.24) is 4.98 Å². The zero-order valence-corrected chi connectivity index (χ0v) is 9.69. The smallest absolute Gasteiger partial charge is 0.194 e. The molecule has 17 heavy (non-hydrogen) atoms. The molecule has 0 unspecified atom stereocenters. The van der Waals surface area contributed by atoms with E-state index in [1.54, 1.807) is 36.4 Å². The number of aliphatic hydroxyl groups excluding tert-OH is 1. The van der Waals surface area contributed by atoms with Gasteiger partial charge in [-0.05, 0) is 17.7 Å². The van der Waals surface area contributed by atoms with E-state index in [1.807, 2.05) is 0 Å². The lowest BCUT2D eigenvalue weighted by atomic mass is 10.0. The Hall–Kier alpha value is -1.71. The molecule has 0 bridgehead atoms. The molecule has 2 rings (SSSR count). The van der Waals surface area contributed by atoms with Gasteiger partial charge in [0.25, 0.3) is 0 Å². The first-order valence-corrected chi connectivity index (χ1v) is 5.44. The van der Waals surface area contributed by atoms with E-state index in [0.29, 0.717) is 16.3 Å². The van der Waals surface area contributed by atoms with E-state index in [2.05, 4.69) is 4.98 Å². The highest BCUT2D eigenvalue weighted by atomic mass is 35.5. The normalized spacial score (nSPS) is 10.2. The van der Waals surface area contributed by atoms with E-state index in [0.717, 1.165) is 5.56 Å². The Labute approximate surface area is 104 Å². The molecule has 0 atom stereocenters. The van der Waals surface area contributed by atoms with Crippen LogP contribution in [-0.4, -0.2) is 15.9 Å². The fourth-order valence-corrected chi connectivity index (χ4v) is 1.55. The van der Waals surface area contributed by atoms with Crippen molar-refractivity contribution in [3.63, 3.8) is 0 Å². The zero-order chi connectivity index (χ0) is 12.3. The summed E-state index contributed by atoms with van der Waals surface area (Å²) in [4.78, 5) is 15.9. The molecular weight excluding hydrogens is 238 g/mol. The second-order valence-electron chi connectivity index (χ2n) is 3.55. The lowest BCUT2D eigenvalue weighted by Gasteiger charge is -2.02. The monoisotopic (exact) mass is 247 g/mol. The number of rotatable bonds is 3. The predicted octanol–water partition coefficient (Wildman–Crippen LogP) is 2.46. The fourth-order valence-electron chi connectivity index (χ4n) is 1.44. The highest BCUT2D eigenvalue weighted by molar-refractivity contribution is 6.29. The second-order valence-corrected chi connectivity index (χ2v) is 3.94. The van der Waals surface area contributed by atoms with Crippen molar-refractivity contribution in [2.75, 3.05) is 0 Å². The first-order chi connectivity index (χ1) is 8.20. The van der Waals surface area contributed by atoms with Gasteiger partial charge in [0.05, 0.1) is 6.61 Å². The van der Waals surface area contributed by atoms with Gasteiger partial charge >= 0.3 is 0 Å². The number of pyridine rings is 1. The van der Waals surface area contributed by atoms with Crippen LogP contribution in [-0.2, 0) is 6.61 Å². The van der Waals surface area contributed by atoms with Gasteiger partial charge in [-0.3, -0.25) is 4.79 Å². The fraction of sp³-hybridized carbons (Fsp3) is 0.0769. The van der Waals surface area contributed by atoms with Gasteiger partial charge in [0.1, 0.15) is 5.15 Å². The first kappa shape index (κ1) is 11.8. The summed E-state index contributed by atoms with van der Waals surface area (Å²) in [6.45, 7) is -0.0308. The van der Waals surface area contributed by atoms with Crippen molar-refractivity contribution in [1.29, 1.82) is 0 Å². The molecular formula is C13H10ClNO2. The van der Waals surface area contributed by atoms with Crippen LogP contribution in [0.5, 0.6) is 0 Å². The van der Waals surface area contributed by atoms with Crippen LogP contribution in [0, 0.1) is 0 Å². The van der Waals surface area contributed by atoms with E-state index < -0.39 is 0 Å². The SMILES string of the molecule is O=C(c1ccc(CO)cc1)c1ccc(Cl)nc1. The maximum absolute atomic E-state index is 12.0. The Balaban J connectivity index is 2.27. The third-order valence-electron chi connectivity index (χ3n) is 2.39. The molecule has 1 aromatic carbocycles. The third kappa shape index (κ3) is 2.70. The van der Waals surface area contributed by atoms with Crippen molar-refractivity contribution < 1.29 is 9.90 Å². The lowest BCUT2D eigenvalue weighted by Crippen LogP contribution is -2.01. The summed E-state index contributed by atoms with van der Waals surface area (Å²) in [7, 11) is 0. The second kappa shape index (κ2) is 5.08. The van der Waals surface area contributed by atoms with Crippen LogP contribution in [0.25, 0.3) is 0 Å². The Kier molecular flexibility index (Phi) is 3.52. The van der Waals surface area contributed by atoms with Crippen LogP contribution in [0.1, 0.15) is 21.5 Å². The lowest BCUT2D eigenvalue weighted by molar-refractivity contribution is 0.103. The van der Waals surface area contributed by atoms with Crippen LogP contribution < -0.4 is 0 Å². The predicted molar refractivity (Wildman–Crippen MR) is 65.0 cm³/mol. The molecule has 0 aliphatic rings. The molecule has 1 N–H and O–H groups in total. The van der Waals surface area contributed by atoms with Gasteiger partial charge in [-0.25, -0.2) is 4.98 Å². The van der Waals surface area contributed by atoms with E-state index in [4.69, 9.17) is 16.7 Å². The molecule has 0 saturated heterocycles. The average Bonchev–Trinajstić information content (AvgIpc) is 2.39. The summed E-state index contributed by atoms with van der Waals surface area (Å²) in [5.41, 5.74) is 1.83. The third-order valence-corrected chi connectivity index (χ3v) is 2.61. The number of hydrogen-bond donors (Lipinski definition) is 1. The van der Waals surface area contributed by atoms with Crippen molar-refractivity contribution in [3.8, 4) is 0 Å². The Morgan fingerprint density at radius 3 is 2.29 bits per heavy atom. The number of carbonyl (C=O) groups is 1. The molecule has 3 nitrogen and oxygen atoms in total. The average molecular weight is 248 g/mol. The van der Waals surface area contributed by atoms with Gasteiger partial charge in [-0.1, -0.05) is 35.9 Å². The molecule has 1 aromatic heterocycles. The van der Waals surface area contributed by atoms with Crippen LogP contribution in [0.2, 0.25) is 5.15 Å². The van der Waals surface area contributed by atoms with Crippen molar-refractivity contribution >= 4 is 17.4 Å². The highest BCUT2D eigenvalue weighted by Gasteiger charge is 2.08. The van der Waals surface area contributed by atoms with Gasteiger partial charge in [0.2, 0.25) is 0 Å². The molecule has 2 aromatic rings. The Bertz CT molecular complexity index is 520. The topological polar surface area (TPSA) is 50.2 Å². The van der Waals surface area contributed by atoms with Crippen LogP contribution in [0.15, 0.2) is 42.6 Å². The van der Waals surface area contributed by atoms with Gasteiger partial charge < -0.3 is 5.11 Å². The van der Waals surface area contributed by atoms with Gasteiger partial charge in [0, 0.05) is 17.3 Å². The minimum atomic E-state index is -0.112. The number of aromatic nitrogens is 1. The summed E-state index contributed by atoms with van der Waals surface area (Å²) in [5.74, 6) is -0.112. The summed E-state index contributed by atoms with van der Waals surface area (Å²) in [6.07, 6.45) is 1.45. The maximum atomic E-state index is 12.0. The molecule has 86 valence electrons. The number of nitrogens with zero attached hydrogens (tertiary/aromatic N) is 1. The minimum absolute atomic E-state index is 0.0308. The number of aliphatic hydroxyl groups is 1. The molecule has 0 aliphatic heterocycles. The van der Waals surface area contributed by atoms with E-state index >= 15 is 0 Å². The van der Waals surface area contributed by atoms with Crippen LogP contribution in [0.4, 0.5) is 0 Å². The molecule has 0 amide bonds. The van der Waals surface area contributed by atoms with Crippen molar-refractivity contribution in [3.05, 3.63) is 64.4 Å². The number of carbonyl (C=O) groups excluding carboxylic acids is 1. The molecule has 0 spiro atoms. The maximum Gasteiger partial charge on any atom is 0.194 e. The van der Waals surface area contributed by atoms with Gasteiger partial charge in [0.15, 0.2) is 5.78 Å². The summed E-state index contributed by atoms with van der Waals surface area (Å²) < 4.78 is 0. The number of benzene rings is 1. The van der Waals surface area contributed by atoms with E-state index in [9.17, 15) is 4.79 Å². The van der Waals surface area contributed by atoms with Crippen molar-refractivity contribution in [2.24, 2.45) is 0 Å². The minimum Gasteiger partial charge on any atom is -0.392 e. The number of ketones is 1. The highest BCUT2D eigenvalue weighted by Crippen LogP contribution is 2.12. The Morgan fingerprint density at radius 1 is 1.12 bits per heavy atom. The van der Waals surface area contributed by atoms with Crippen LogP contribution >= 0.6 is 11.6 Å². The quantitative estimate of drug-likeness (QED) is 0.670. The number of hydrogen-bond acceptors (Lipinski definition) is 3. The summed E-state index contributed by atoms with van der Waals surface area (Å²) in [5, 5.41) is 9.26. The number of halogens is 1. The largest absolute Gasteiger partial charge is 0.392 e. The molecule has 0 fully saturated rings. The molecule has 1 heterocycles. The van der Waals surface area contributed by atoms with Gasteiger partial charge in [-0.15, -0.1) is 0 Å². The summed E-state index contributed by atoms with van der Waals surface area (Å²) >= 11 is 5.65. The summed E-state index contributed by atoms with van der Waals surface area (Å²) in [6, 6.07) is 10.0. The van der Waals surface area contributed by atoms with Crippen molar-refractivity contribution in [2.45, 2.75) is 6.61 Å². The van der Waals surface area contributed by atoms with E-state index in [1.165, 1.54) is 6.20 Å². The molecule has 0 radical (unpaired) electrons. The Morgan fingerprint density at radius 2 is 1.76 bits per heavy atom. The standard InChI is InChI=1S/C13H10ClNO2/c14-12-6-5-11(7-15-12)13(17)10-3-1-9(8-16)2-4-10/h1-7,16H,8H2. The molecule has 0 aliphatic carbocycles. The van der Waals surface area contributed by atoms with Gasteiger partial charge in [-0.2, -0.15) is 0 Å². The molecule has 4 heteroatoms. The van der Waals surface area contributed by atoms with E-state index in [-0.39, 0.29) is 12.4 Å². The molecule has 0 saturated carbocycles. The first-order valence-electron chi connectivity index (χ1n) is 5.07.